The van der Waals surface area contributed by atoms with E-state index in [0.29, 0.717) is 12.2 Å². The van der Waals surface area contributed by atoms with Crippen molar-refractivity contribution in [1.82, 2.24) is 15.2 Å². The number of aliphatic hydroxyl groups excluding tert-OH is 1. The summed E-state index contributed by atoms with van der Waals surface area (Å²) in [4.78, 5) is 27.5. The highest BCUT2D eigenvalue weighted by Crippen LogP contribution is 2.15. The summed E-state index contributed by atoms with van der Waals surface area (Å²) in [6, 6.07) is 8.91. The third kappa shape index (κ3) is 4.20. The Kier molecular flexibility index (Phi) is 4.88. The van der Waals surface area contributed by atoms with Crippen LogP contribution >= 0.6 is 0 Å². The van der Waals surface area contributed by atoms with E-state index in [1.807, 2.05) is 0 Å². The van der Waals surface area contributed by atoms with Crippen LogP contribution in [-0.2, 0) is 11.2 Å². The lowest BCUT2D eigenvalue weighted by molar-refractivity contribution is -0.115. The number of hydrogen-bond acceptors (Lipinski definition) is 6. The molecule has 0 saturated heterocycles. The number of amides is 1. The van der Waals surface area contributed by atoms with Gasteiger partial charge in [0, 0.05) is 12.5 Å². The lowest BCUT2D eigenvalue weighted by Crippen LogP contribution is -2.16. The zero-order valence-corrected chi connectivity index (χ0v) is 13.3. The third-order valence-electron chi connectivity index (χ3n) is 3.34. The van der Waals surface area contributed by atoms with Gasteiger partial charge >= 0.3 is 0 Å². The number of benzene rings is 1. The van der Waals surface area contributed by atoms with E-state index in [9.17, 15) is 19.1 Å². The smallest absolute Gasteiger partial charge is 0.292 e. The van der Waals surface area contributed by atoms with E-state index in [-0.39, 0.29) is 17.5 Å². The Hall–Kier alpha value is -3.75. The molecule has 0 spiro atoms. The summed E-state index contributed by atoms with van der Waals surface area (Å²) in [5.74, 6) is -2.27. The molecule has 2 aromatic heterocycles. The highest BCUT2D eigenvalue weighted by molar-refractivity contribution is 6.09. The Bertz CT molecular complexity index is 946. The van der Waals surface area contributed by atoms with Gasteiger partial charge in [0.2, 0.25) is 11.7 Å². The first kappa shape index (κ1) is 17.1. The SMILES string of the molecule is O=C(Nc1ncn[nH]1)C(O)=CC(=O)c1ccc(Cc2ccc(F)cc2)o1. The maximum absolute atomic E-state index is 12.9. The highest BCUT2D eigenvalue weighted by atomic mass is 19.1. The van der Waals surface area contributed by atoms with Gasteiger partial charge in [0.15, 0.2) is 11.5 Å². The van der Waals surface area contributed by atoms with Crippen LogP contribution in [0.25, 0.3) is 0 Å². The second kappa shape index (κ2) is 7.43. The Balaban J connectivity index is 1.65. The maximum Gasteiger partial charge on any atom is 0.292 e. The Labute approximate surface area is 146 Å². The quantitative estimate of drug-likeness (QED) is 0.354. The number of aromatic amines is 1. The van der Waals surface area contributed by atoms with Gasteiger partial charge in [-0.1, -0.05) is 12.1 Å². The number of furan rings is 1. The third-order valence-corrected chi connectivity index (χ3v) is 3.34. The average molecular weight is 356 g/mol. The lowest BCUT2D eigenvalue weighted by Gasteiger charge is -2.00. The first-order valence-corrected chi connectivity index (χ1v) is 7.46. The van der Waals surface area contributed by atoms with E-state index >= 15 is 0 Å². The van der Waals surface area contributed by atoms with Crippen molar-refractivity contribution in [3.8, 4) is 0 Å². The number of halogens is 1. The minimum atomic E-state index is -0.923. The molecular formula is C17H13FN4O4. The minimum absolute atomic E-state index is 0.0296. The number of hydrogen-bond donors (Lipinski definition) is 3. The van der Waals surface area contributed by atoms with Gasteiger partial charge in [0.1, 0.15) is 17.9 Å². The van der Waals surface area contributed by atoms with Crippen LogP contribution in [0.15, 0.2) is 59.0 Å². The van der Waals surface area contributed by atoms with Gasteiger partial charge in [-0.15, -0.1) is 0 Å². The second-order valence-corrected chi connectivity index (χ2v) is 5.25. The molecule has 0 fully saturated rings. The van der Waals surface area contributed by atoms with Gasteiger partial charge in [0.05, 0.1) is 0 Å². The van der Waals surface area contributed by atoms with E-state index in [1.165, 1.54) is 24.5 Å². The van der Waals surface area contributed by atoms with E-state index in [2.05, 4.69) is 20.5 Å². The average Bonchev–Trinajstić information content (AvgIpc) is 3.29. The predicted octanol–water partition coefficient (Wildman–Crippen LogP) is 2.39. The molecule has 0 radical (unpaired) electrons. The fourth-order valence-electron chi connectivity index (χ4n) is 2.11. The van der Waals surface area contributed by atoms with E-state index < -0.39 is 17.4 Å². The number of nitrogens with zero attached hydrogens (tertiary/aromatic N) is 2. The van der Waals surface area contributed by atoms with E-state index in [0.717, 1.165) is 11.6 Å². The summed E-state index contributed by atoms with van der Waals surface area (Å²) in [5, 5.41) is 17.8. The van der Waals surface area contributed by atoms with Gasteiger partial charge in [-0.05, 0) is 29.8 Å². The predicted molar refractivity (Wildman–Crippen MR) is 88.0 cm³/mol. The van der Waals surface area contributed by atoms with Crippen LogP contribution in [0, 0.1) is 5.82 Å². The summed E-state index contributed by atoms with van der Waals surface area (Å²) in [7, 11) is 0. The fraction of sp³-hybridized carbons (Fsp3) is 0.0588. The van der Waals surface area contributed by atoms with Crippen LogP contribution in [0.4, 0.5) is 10.3 Å². The Morgan fingerprint density at radius 2 is 2.00 bits per heavy atom. The first-order valence-electron chi connectivity index (χ1n) is 7.46. The second-order valence-electron chi connectivity index (χ2n) is 5.25. The van der Waals surface area contributed by atoms with Gasteiger partial charge < -0.3 is 9.52 Å². The monoisotopic (exact) mass is 356 g/mol. The lowest BCUT2D eigenvalue weighted by atomic mass is 10.1. The molecule has 0 unspecified atom stereocenters. The summed E-state index contributed by atoms with van der Waals surface area (Å²) in [5.41, 5.74) is 0.810. The molecule has 26 heavy (non-hydrogen) atoms. The number of rotatable bonds is 6. The number of aromatic nitrogens is 3. The highest BCUT2D eigenvalue weighted by Gasteiger charge is 2.15. The zero-order valence-electron chi connectivity index (χ0n) is 13.3. The van der Waals surface area contributed by atoms with Crippen LogP contribution in [0.1, 0.15) is 21.9 Å². The van der Waals surface area contributed by atoms with Crippen LogP contribution in [-0.4, -0.2) is 32.0 Å². The van der Waals surface area contributed by atoms with Crippen LogP contribution < -0.4 is 5.32 Å². The number of aliphatic hydroxyl groups is 1. The Morgan fingerprint density at radius 1 is 1.23 bits per heavy atom. The largest absolute Gasteiger partial charge is 0.503 e. The molecule has 3 N–H and O–H groups in total. The molecule has 0 aliphatic heterocycles. The van der Waals surface area contributed by atoms with Crippen LogP contribution in [0.5, 0.6) is 0 Å². The molecule has 8 nitrogen and oxygen atoms in total. The maximum atomic E-state index is 12.9. The standard InChI is InChI=1S/C17H13FN4O4/c18-11-3-1-10(2-4-11)7-12-5-6-15(26-12)13(23)8-14(24)16(25)21-17-19-9-20-22-17/h1-6,8-9,24H,7H2,(H2,19,20,21,22,25). The molecule has 0 atom stereocenters. The molecule has 1 aromatic carbocycles. The van der Waals surface area contributed by atoms with Crippen molar-refractivity contribution in [3.05, 3.63) is 77.5 Å². The van der Waals surface area contributed by atoms with Gasteiger partial charge in [0.25, 0.3) is 5.91 Å². The molecular weight excluding hydrogens is 343 g/mol. The van der Waals surface area contributed by atoms with Crippen molar-refractivity contribution in [2.75, 3.05) is 5.32 Å². The van der Waals surface area contributed by atoms with Gasteiger partial charge in [-0.3, -0.25) is 14.9 Å². The number of allylic oxidation sites excluding steroid dienone is 1. The number of H-pyrrole nitrogens is 1. The van der Waals surface area contributed by atoms with Crippen LogP contribution in [0.3, 0.4) is 0 Å². The fourth-order valence-corrected chi connectivity index (χ4v) is 2.11. The molecule has 0 aliphatic rings. The van der Waals surface area contributed by atoms with Crippen molar-refractivity contribution < 1.29 is 23.5 Å². The Morgan fingerprint density at radius 3 is 2.69 bits per heavy atom. The minimum Gasteiger partial charge on any atom is -0.503 e. The van der Waals surface area contributed by atoms with Gasteiger partial charge in [-0.25, -0.2) is 9.49 Å². The van der Waals surface area contributed by atoms with Gasteiger partial charge in [-0.2, -0.15) is 10.1 Å². The molecule has 2 heterocycles. The summed E-state index contributed by atoms with van der Waals surface area (Å²) in [6.45, 7) is 0. The van der Waals surface area contributed by atoms with E-state index in [4.69, 9.17) is 4.42 Å². The van der Waals surface area contributed by atoms with Crippen molar-refractivity contribution in [3.63, 3.8) is 0 Å². The molecule has 9 heteroatoms. The van der Waals surface area contributed by atoms with Crippen molar-refractivity contribution in [2.45, 2.75) is 6.42 Å². The number of carbonyl (C=O) groups is 2. The number of carbonyl (C=O) groups excluding carboxylic acids is 2. The normalized spacial score (nSPS) is 11.3. The molecule has 1 amide bonds. The first-order chi connectivity index (χ1) is 12.5. The van der Waals surface area contributed by atoms with Crippen molar-refractivity contribution in [1.29, 1.82) is 0 Å². The molecule has 0 saturated carbocycles. The molecule has 0 bridgehead atoms. The number of ketones is 1. The summed E-state index contributed by atoms with van der Waals surface area (Å²) < 4.78 is 18.3. The summed E-state index contributed by atoms with van der Waals surface area (Å²) in [6.07, 6.45) is 2.29. The van der Waals surface area contributed by atoms with Crippen LogP contribution in [0.2, 0.25) is 0 Å². The van der Waals surface area contributed by atoms with E-state index in [1.54, 1.807) is 18.2 Å². The molecule has 3 aromatic rings. The summed E-state index contributed by atoms with van der Waals surface area (Å²) >= 11 is 0. The van der Waals surface area contributed by atoms with Crippen molar-refractivity contribution >= 4 is 17.6 Å². The zero-order chi connectivity index (χ0) is 18.5. The van der Waals surface area contributed by atoms with Crippen molar-refractivity contribution in [2.24, 2.45) is 0 Å². The molecule has 3 rings (SSSR count). The molecule has 132 valence electrons. The molecule has 0 aliphatic carbocycles. The topological polar surface area (TPSA) is 121 Å². The number of anilines is 1. The number of nitrogens with one attached hydrogen (secondary N) is 2.